The Labute approximate surface area is 138 Å². The first-order valence-electron chi connectivity index (χ1n) is 6.77. The normalized spacial score (nSPS) is 26.7. The largest absolute Gasteiger partial charge is 0.481 e. The van der Waals surface area contributed by atoms with Crippen LogP contribution in [0.3, 0.4) is 0 Å². The summed E-state index contributed by atoms with van der Waals surface area (Å²) in [6.07, 6.45) is -6.11. The van der Waals surface area contributed by atoms with Crippen LogP contribution in [0.15, 0.2) is 15.8 Å². The summed E-state index contributed by atoms with van der Waals surface area (Å²) >= 11 is 0. The third-order valence-electron chi connectivity index (χ3n) is 3.40. The van der Waals surface area contributed by atoms with Crippen LogP contribution in [-0.2, 0) is 25.0 Å². The molecule has 25 heavy (non-hydrogen) atoms. The number of aromatic amines is 1. The number of aliphatic hydroxyl groups excluding tert-OH is 2. The van der Waals surface area contributed by atoms with Crippen LogP contribution in [-0.4, -0.2) is 65.5 Å². The molecule has 2 heterocycles. The maximum Gasteiger partial charge on any atom is 0.469 e. The molecule has 0 bridgehead atoms. The number of nitrogens with zero attached hydrogens (tertiary/aromatic N) is 1. The summed E-state index contributed by atoms with van der Waals surface area (Å²) in [4.78, 5) is 53.3. The quantitative estimate of drug-likeness (QED) is 0.271. The van der Waals surface area contributed by atoms with Crippen molar-refractivity contribution in [2.45, 2.75) is 31.0 Å². The molecule has 1 saturated heterocycles. The van der Waals surface area contributed by atoms with E-state index in [1.54, 1.807) is 0 Å². The molecule has 4 unspecified atom stereocenters. The summed E-state index contributed by atoms with van der Waals surface area (Å²) in [6.45, 7) is -0.779. The highest BCUT2D eigenvalue weighted by atomic mass is 31.2. The summed E-state index contributed by atoms with van der Waals surface area (Å²) in [5.41, 5.74) is -2.27. The molecule has 13 nitrogen and oxygen atoms in total. The zero-order valence-electron chi connectivity index (χ0n) is 12.4. The highest BCUT2D eigenvalue weighted by Crippen LogP contribution is 2.38. The number of ether oxygens (including phenoxy) is 1. The predicted molar refractivity (Wildman–Crippen MR) is 76.6 cm³/mol. The number of aliphatic hydroxyl groups is 2. The molecule has 0 radical (unpaired) electrons. The van der Waals surface area contributed by atoms with Crippen molar-refractivity contribution in [2.75, 3.05) is 6.61 Å². The maximum absolute atomic E-state index is 11.9. The number of aromatic nitrogens is 2. The van der Waals surface area contributed by atoms with Crippen LogP contribution in [0.4, 0.5) is 0 Å². The highest BCUT2D eigenvalue weighted by molar-refractivity contribution is 7.46. The lowest BCUT2D eigenvalue weighted by atomic mass is 10.1. The van der Waals surface area contributed by atoms with Crippen molar-refractivity contribution >= 4 is 13.8 Å². The number of carboxylic acid groups (broad SMARTS) is 1. The average molecular weight is 382 g/mol. The molecule has 14 heteroatoms. The van der Waals surface area contributed by atoms with Gasteiger partial charge >= 0.3 is 19.5 Å². The average Bonchev–Trinajstić information content (AvgIpc) is 2.75. The van der Waals surface area contributed by atoms with Gasteiger partial charge in [-0.05, 0) is 0 Å². The van der Waals surface area contributed by atoms with Crippen molar-refractivity contribution in [2.24, 2.45) is 0 Å². The fourth-order valence-electron chi connectivity index (χ4n) is 2.27. The minimum Gasteiger partial charge on any atom is -0.481 e. The van der Waals surface area contributed by atoms with Crippen LogP contribution < -0.4 is 11.2 Å². The summed E-state index contributed by atoms with van der Waals surface area (Å²) in [5, 5.41) is 28.6. The lowest BCUT2D eigenvalue weighted by molar-refractivity contribution is -0.136. The molecule has 0 aromatic carbocycles. The fraction of sp³-hybridized carbons (Fsp3) is 0.545. The fourth-order valence-corrected chi connectivity index (χ4v) is 2.61. The van der Waals surface area contributed by atoms with Crippen molar-refractivity contribution in [3.05, 3.63) is 32.6 Å². The van der Waals surface area contributed by atoms with Gasteiger partial charge < -0.3 is 29.8 Å². The topological polar surface area (TPSA) is 209 Å². The molecule has 4 atom stereocenters. The smallest absolute Gasteiger partial charge is 0.469 e. The zero-order valence-corrected chi connectivity index (χ0v) is 13.3. The molecule has 0 aliphatic carbocycles. The first kappa shape index (κ1) is 19.5. The second-order valence-corrected chi connectivity index (χ2v) is 6.46. The number of aliphatic carboxylic acids is 1. The number of H-pyrrole nitrogens is 1. The Morgan fingerprint density at radius 1 is 1.32 bits per heavy atom. The Bertz CT molecular complexity index is 811. The van der Waals surface area contributed by atoms with E-state index in [0.717, 1.165) is 6.20 Å². The number of carbonyl (C=O) groups is 1. The third-order valence-corrected chi connectivity index (χ3v) is 3.89. The first-order chi connectivity index (χ1) is 11.5. The van der Waals surface area contributed by atoms with Crippen LogP contribution in [0, 0.1) is 0 Å². The third kappa shape index (κ3) is 4.61. The molecule has 0 saturated carbocycles. The molecule has 0 spiro atoms. The van der Waals surface area contributed by atoms with E-state index in [4.69, 9.17) is 19.6 Å². The van der Waals surface area contributed by atoms with Crippen LogP contribution in [0.25, 0.3) is 0 Å². The molecular weight excluding hydrogens is 367 g/mol. The number of carboxylic acids is 1. The molecule has 1 fully saturated rings. The number of rotatable bonds is 6. The lowest BCUT2D eigenvalue weighted by Crippen LogP contribution is -2.39. The van der Waals surface area contributed by atoms with Crippen LogP contribution >= 0.6 is 7.82 Å². The Kier molecular flexibility index (Phi) is 5.58. The second-order valence-electron chi connectivity index (χ2n) is 5.22. The van der Waals surface area contributed by atoms with Gasteiger partial charge in [-0.15, -0.1) is 0 Å². The van der Waals surface area contributed by atoms with Gasteiger partial charge in [0, 0.05) is 11.8 Å². The van der Waals surface area contributed by atoms with Gasteiger partial charge in [0.05, 0.1) is 13.0 Å². The summed E-state index contributed by atoms with van der Waals surface area (Å²) in [7, 11) is -4.85. The van der Waals surface area contributed by atoms with Crippen LogP contribution in [0.1, 0.15) is 11.8 Å². The minimum atomic E-state index is -4.85. The maximum atomic E-state index is 11.9. The standard InChI is InChI=1S/C11H15N2O11P/c14-6(15)1-4-2-13(11(19)12-9(4)18)10-8(17)7(16)5(24-10)3-23-25(20,21)22/h2,5,7-8,10,16-17H,1,3H2,(H,14,15)(H,12,18,19)(H2,20,21,22). The van der Waals surface area contributed by atoms with Gasteiger partial charge in [-0.2, -0.15) is 0 Å². The summed E-state index contributed by atoms with van der Waals surface area (Å²) < 4.78 is 20.7. The minimum absolute atomic E-state index is 0.299. The van der Waals surface area contributed by atoms with E-state index in [2.05, 4.69) is 4.52 Å². The first-order valence-corrected chi connectivity index (χ1v) is 8.30. The number of phosphoric ester groups is 1. The van der Waals surface area contributed by atoms with Crippen molar-refractivity contribution in [1.82, 2.24) is 9.55 Å². The predicted octanol–water partition coefficient (Wildman–Crippen LogP) is -3.11. The van der Waals surface area contributed by atoms with Gasteiger partial charge in [0.15, 0.2) is 6.23 Å². The Hall–Kier alpha value is -1.86. The summed E-state index contributed by atoms with van der Waals surface area (Å²) in [5.74, 6) is -1.34. The van der Waals surface area contributed by atoms with Gasteiger partial charge in [0.25, 0.3) is 5.56 Å². The van der Waals surface area contributed by atoms with Crippen LogP contribution in [0.2, 0.25) is 0 Å². The van der Waals surface area contributed by atoms with E-state index in [9.17, 15) is 29.2 Å². The number of phosphoric acid groups is 1. The van der Waals surface area contributed by atoms with E-state index in [1.165, 1.54) is 0 Å². The number of nitrogens with one attached hydrogen (secondary N) is 1. The Balaban J connectivity index is 2.29. The number of hydrogen-bond donors (Lipinski definition) is 6. The molecule has 0 amide bonds. The molecular formula is C11H15N2O11P. The molecule has 2 rings (SSSR count). The molecule has 140 valence electrons. The molecule has 6 N–H and O–H groups in total. The lowest BCUT2D eigenvalue weighted by Gasteiger charge is -2.17. The van der Waals surface area contributed by atoms with Crippen molar-refractivity contribution < 1.29 is 43.7 Å². The Morgan fingerprint density at radius 2 is 1.96 bits per heavy atom. The van der Waals surface area contributed by atoms with E-state index in [0.29, 0.717) is 4.57 Å². The molecule has 1 aliphatic rings. The second kappa shape index (κ2) is 7.17. The van der Waals surface area contributed by atoms with Gasteiger partial charge in [-0.3, -0.25) is 23.7 Å². The van der Waals surface area contributed by atoms with E-state index < -0.39 is 62.6 Å². The van der Waals surface area contributed by atoms with Crippen molar-refractivity contribution in [3.63, 3.8) is 0 Å². The van der Waals surface area contributed by atoms with Gasteiger partial charge in [-0.25, -0.2) is 9.36 Å². The van der Waals surface area contributed by atoms with Crippen molar-refractivity contribution in [1.29, 1.82) is 0 Å². The summed E-state index contributed by atoms with van der Waals surface area (Å²) in [6, 6.07) is 0. The molecule has 1 aliphatic heterocycles. The Morgan fingerprint density at radius 3 is 2.52 bits per heavy atom. The van der Waals surface area contributed by atoms with Gasteiger partial charge in [0.2, 0.25) is 0 Å². The SMILES string of the molecule is O=C(O)Cc1cn(C2OC(COP(=O)(O)O)C(O)C2O)c(=O)[nH]c1=O. The molecule has 1 aromatic heterocycles. The van der Waals surface area contributed by atoms with Gasteiger partial charge in [0.1, 0.15) is 18.3 Å². The number of hydrogen-bond acceptors (Lipinski definition) is 8. The molecule has 1 aromatic rings. The van der Waals surface area contributed by atoms with Crippen molar-refractivity contribution in [3.8, 4) is 0 Å². The highest BCUT2D eigenvalue weighted by Gasteiger charge is 2.45. The van der Waals surface area contributed by atoms with E-state index in [-0.39, 0.29) is 5.56 Å². The van der Waals surface area contributed by atoms with E-state index in [1.807, 2.05) is 4.98 Å². The zero-order chi connectivity index (χ0) is 18.9. The van der Waals surface area contributed by atoms with Crippen LogP contribution in [0.5, 0.6) is 0 Å². The van der Waals surface area contributed by atoms with Gasteiger partial charge in [-0.1, -0.05) is 0 Å². The van der Waals surface area contributed by atoms with E-state index >= 15 is 0 Å². The monoisotopic (exact) mass is 382 g/mol.